The molecule has 0 radical (unpaired) electrons. The minimum absolute atomic E-state index is 0.0682. The summed E-state index contributed by atoms with van der Waals surface area (Å²) in [7, 11) is -3.79. The summed E-state index contributed by atoms with van der Waals surface area (Å²) in [5.41, 5.74) is 0.644. The number of rotatable bonds is 7. The molecule has 0 atom stereocenters. The fourth-order valence-corrected chi connectivity index (χ4v) is 4.71. The molecule has 10 heteroatoms. The number of anilines is 1. The van der Waals surface area contributed by atoms with Crippen molar-refractivity contribution in [3.05, 3.63) is 65.6 Å². The van der Waals surface area contributed by atoms with Gasteiger partial charge in [0, 0.05) is 31.0 Å². The average Bonchev–Trinajstić information content (AvgIpc) is 3.24. The number of aromatic nitrogens is 3. The van der Waals surface area contributed by atoms with Crippen LogP contribution in [0.2, 0.25) is 5.02 Å². The number of nitrogens with one attached hydrogen (secondary N) is 1. The second-order valence-corrected chi connectivity index (χ2v) is 8.36. The molecule has 0 fully saturated rings. The highest BCUT2D eigenvalue weighted by Crippen LogP contribution is 2.26. The van der Waals surface area contributed by atoms with Crippen LogP contribution in [0.5, 0.6) is 0 Å². The van der Waals surface area contributed by atoms with Crippen LogP contribution in [0, 0.1) is 0 Å². The molecule has 1 aromatic carbocycles. The summed E-state index contributed by atoms with van der Waals surface area (Å²) in [4.78, 5) is 16.8. The van der Waals surface area contributed by atoms with Gasteiger partial charge < -0.3 is 5.32 Å². The van der Waals surface area contributed by atoms with Gasteiger partial charge in [0.2, 0.25) is 10.0 Å². The lowest BCUT2D eigenvalue weighted by Crippen LogP contribution is -2.31. The maximum Gasteiger partial charge on any atom is 0.255 e. The van der Waals surface area contributed by atoms with Crippen molar-refractivity contribution in [2.75, 3.05) is 18.4 Å². The van der Waals surface area contributed by atoms with Crippen molar-refractivity contribution in [1.29, 1.82) is 0 Å². The number of benzene rings is 1. The summed E-state index contributed by atoms with van der Waals surface area (Å²) in [6, 6.07) is 9.35. The third-order valence-corrected chi connectivity index (χ3v) is 6.79. The van der Waals surface area contributed by atoms with Crippen molar-refractivity contribution in [2.45, 2.75) is 18.7 Å². The van der Waals surface area contributed by atoms with Crippen molar-refractivity contribution in [2.24, 2.45) is 0 Å². The largest absolute Gasteiger partial charge is 0.321 e. The SMILES string of the molecule is CCN(CC)S(=O)(=O)c1cc(C(=O)Nc2ccc(-n3cccn3)nc2)ccc1Cl. The van der Waals surface area contributed by atoms with Crippen LogP contribution in [0.15, 0.2) is 59.9 Å². The van der Waals surface area contributed by atoms with Gasteiger partial charge in [-0.15, -0.1) is 0 Å². The van der Waals surface area contributed by atoms with Crippen molar-refractivity contribution in [1.82, 2.24) is 19.1 Å². The van der Waals surface area contributed by atoms with E-state index in [9.17, 15) is 13.2 Å². The first kappa shape index (κ1) is 21.0. The highest BCUT2D eigenvalue weighted by Gasteiger charge is 2.25. The fraction of sp³-hybridized carbons (Fsp3) is 0.211. The molecular formula is C19H20ClN5O3S. The molecule has 1 N–H and O–H groups in total. The highest BCUT2D eigenvalue weighted by molar-refractivity contribution is 7.89. The molecule has 2 heterocycles. The van der Waals surface area contributed by atoms with Crippen molar-refractivity contribution in [3.63, 3.8) is 0 Å². The first-order valence-corrected chi connectivity index (χ1v) is 10.8. The number of nitrogens with zero attached hydrogens (tertiary/aromatic N) is 4. The molecule has 8 nitrogen and oxygen atoms in total. The molecule has 0 saturated heterocycles. The van der Waals surface area contributed by atoms with E-state index in [1.165, 1.54) is 28.7 Å². The van der Waals surface area contributed by atoms with Gasteiger partial charge in [-0.25, -0.2) is 18.1 Å². The van der Waals surface area contributed by atoms with Crippen LogP contribution in [0.25, 0.3) is 5.82 Å². The topological polar surface area (TPSA) is 97.2 Å². The van der Waals surface area contributed by atoms with Gasteiger partial charge in [-0.2, -0.15) is 9.40 Å². The van der Waals surface area contributed by atoms with Gasteiger partial charge in [-0.05, 0) is 36.4 Å². The molecule has 3 aromatic rings. The van der Waals surface area contributed by atoms with Gasteiger partial charge in [-0.1, -0.05) is 25.4 Å². The smallest absolute Gasteiger partial charge is 0.255 e. The van der Waals surface area contributed by atoms with E-state index in [2.05, 4.69) is 15.4 Å². The predicted molar refractivity (Wildman–Crippen MR) is 111 cm³/mol. The molecule has 29 heavy (non-hydrogen) atoms. The molecule has 0 unspecified atom stereocenters. The summed E-state index contributed by atoms with van der Waals surface area (Å²) in [6.07, 6.45) is 4.90. The van der Waals surface area contributed by atoms with E-state index >= 15 is 0 Å². The van der Waals surface area contributed by atoms with E-state index in [0.29, 0.717) is 24.6 Å². The van der Waals surface area contributed by atoms with Gasteiger partial charge in [0.05, 0.1) is 16.9 Å². The third kappa shape index (κ3) is 4.47. The summed E-state index contributed by atoms with van der Waals surface area (Å²) >= 11 is 6.11. The number of hydrogen-bond donors (Lipinski definition) is 1. The second kappa shape index (κ2) is 8.73. The monoisotopic (exact) mass is 433 g/mol. The molecule has 2 aromatic heterocycles. The Bertz CT molecular complexity index is 1100. The first-order chi connectivity index (χ1) is 13.9. The average molecular weight is 434 g/mol. The Kier molecular flexibility index (Phi) is 6.31. The van der Waals surface area contributed by atoms with Crippen LogP contribution >= 0.6 is 11.6 Å². The number of amides is 1. The Morgan fingerprint density at radius 2 is 1.97 bits per heavy atom. The van der Waals surface area contributed by atoms with E-state index in [1.54, 1.807) is 49.1 Å². The summed E-state index contributed by atoms with van der Waals surface area (Å²) in [6.45, 7) is 4.09. The molecule has 1 amide bonds. The van der Waals surface area contributed by atoms with Crippen LogP contribution < -0.4 is 5.32 Å². The Balaban J connectivity index is 1.83. The van der Waals surface area contributed by atoms with Gasteiger partial charge in [0.15, 0.2) is 5.82 Å². The van der Waals surface area contributed by atoms with E-state index in [1.807, 2.05) is 0 Å². The van der Waals surface area contributed by atoms with E-state index in [4.69, 9.17) is 11.6 Å². The lowest BCUT2D eigenvalue weighted by atomic mass is 10.2. The van der Waals surface area contributed by atoms with Crippen molar-refractivity contribution < 1.29 is 13.2 Å². The Labute approximate surface area is 174 Å². The van der Waals surface area contributed by atoms with Gasteiger partial charge in [0.25, 0.3) is 5.91 Å². The van der Waals surface area contributed by atoms with Gasteiger partial charge >= 0.3 is 0 Å². The molecule has 0 bridgehead atoms. The number of carbonyl (C=O) groups excluding carboxylic acids is 1. The van der Waals surface area contributed by atoms with Crippen LogP contribution in [0.4, 0.5) is 5.69 Å². The summed E-state index contributed by atoms with van der Waals surface area (Å²) < 4.78 is 28.5. The van der Waals surface area contributed by atoms with Crippen LogP contribution in [-0.4, -0.2) is 46.5 Å². The molecule has 0 aliphatic heterocycles. The number of carbonyl (C=O) groups is 1. The first-order valence-electron chi connectivity index (χ1n) is 8.94. The zero-order valence-corrected chi connectivity index (χ0v) is 17.5. The van der Waals surface area contributed by atoms with E-state index < -0.39 is 15.9 Å². The molecule has 3 rings (SSSR count). The molecule has 0 aliphatic carbocycles. The lowest BCUT2D eigenvalue weighted by Gasteiger charge is -2.19. The Morgan fingerprint density at radius 1 is 1.21 bits per heavy atom. The maximum absolute atomic E-state index is 12.8. The molecule has 0 aliphatic rings. The Hall–Kier alpha value is -2.75. The minimum atomic E-state index is -3.79. The number of halogens is 1. The maximum atomic E-state index is 12.8. The Morgan fingerprint density at radius 3 is 2.55 bits per heavy atom. The van der Waals surface area contributed by atoms with Crippen molar-refractivity contribution >= 4 is 33.2 Å². The molecular weight excluding hydrogens is 414 g/mol. The number of sulfonamides is 1. The second-order valence-electron chi connectivity index (χ2n) is 6.04. The van der Waals surface area contributed by atoms with Crippen LogP contribution in [-0.2, 0) is 10.0 Å². The quantitative estimate of drug-likeness (QED) is 0.617. The summed E-state index contributed by atoms with van der Waals surface area (Å²) in [5, 5.41) is 6.86. The normalized spacial score (nSPS) is 11.6. The van der Waals surface area contributed by atoms with Gasteiger partial charge in [0.1, 0.15) is 4.90 Å². The zero-order valence-electron chi connectivity index (χ0n) is 15.9. The van der Waals surface area contributed by atoms with E-state index in [-0.39, 0.29) is 15.5 Å². The molecule has 152 valence electrons. The van der Waals surface area contributed by atoms with Crippen LogP contribution in [0.3, 0.4) is 0 Å². The standard InChI is InChI=1S/C19H20ClN5O3S/c1-3-24(4-2)29(27,28)17-12-14(6-8-16(17)20)19(26)23-15-7-9-18(21-13-15)25-11-5-10-22-25/h5-13H,3-4H2,1-2H3,(H,23,26). The molecule has 0 spiro atoms. The lowest BCUT2D eigenvalue weighted by molar-refractivity contribution is 0.102. The number of hydrogen-bond acceptors (Lipinski definition) is 5. The third-order valence-electron chi connectivity index (χ3n) is 4.26. The van der Waals surface area contributed by atoms with E-state index in [0.717, 1.165) is 0 Å². The zero-order chi connectivity index (χ0) is 21.0. The van der Waals surface area contributed by atoms with Gasteiger partial charge in [-0.3, -0.25) is 4.79 Å². The minimum Gasteiger partial charge on any atom is -0.321 e. The fourth-order valence-electron chi connectivity index (χ4n) is 2.75. The van der Waals surface area contributed by atoms with Crippen molar-refractivity contribution in [3.8, 4) is 5.82 Å². The predicted octanol–water partition coefficient (Wildman–Crippen LogP) is 3.20. The molecule has 0 saturated carbocycles. The number of pyridine rings is 1. The highest BCUT2D eigenvalue weighted by atomic mass is 35.5. The van der Waals surface area contributed by atoms with Crippen LogP contribution in [0.1, 0.15) is 24.2 Å². The summed E-state index contributed by atoms with van der Waals surface area (Å²) in [5.74, 6) is 0.137.